The topological polar surface area (TPSA) is 32.8 Å². The first-order valence-electron chi connectivity index (χ1n) is 23.5. The Kier molecular flexibility index (Phi) is 8.21. The van der Waals surface area contributed by atoms with E-state index in [-0.39, 0.29) is 5.41 Å². The van der Waals surface area contributed by atoms with Crippen LogP contribution in [0.15, 0.2) is 221 Å². The van der Waals surface area contributed by atoms with Crippen LogP contribution in [0.5, 0.6) is 0 Å². The zero-order chi connectivity index (χ0) is 45.3. The predicted octanol–water partition coefficient (Wildman–Crippen LogP) is 18.9. The molecule has 12 aromatic carbocycles. The van der Waals surface area contributed by atoms with Crippen molar-refractivity contribution in [2.75, 3.05) is 9.80 Å². The molecule has 0 amide bonds. The van der Waals surface area contributed by atoms with Crippen molar-refractivity contribution in [3.8, 4) is 0 Å². The number of nitrogens with zero attached hydrogens (tertiary/aromatic N) is 2. The quantitative estimate of drug-likeness (QED) is 0.156. The highest BCUT2D eigenvalue weighted by atomic mass is 16.3. The van der Waals surface area contributed by atoms with Gasteiger partial charge in [0.15, 0.2) is 11.2 Å². The predicted molar refractivity (Wildman–Crippen MR) is 288 cm³/mol. The molecule has 0 N–H and O–H groups in total. The minimum atomic E-state index is -0.0307. The second-order valence-corrected chi connectivity index (χ2v) is 19.2. The minimum absolute atomic E-state index is 0.0307. The van der Waals surface area contributed by atoms with E-state index in [0.717, 1.165) is 110 Å². The van der Waals surface area contributed by atoms with Crippen LogP contribution >= 0.6 is 0 Å². The third kappa shape index (κ3) is 5.67. The van der Waals surface area contributed by atoms with Crippen molar-refractivity contribution in [3.63, 3.8) is 0 Å². The average Bonchev–Trinajstić information content (AvgIpc) is 3.97. The molecule has 0 unspecified atom stereocenters. The molecule has 0 aliphatic rings. The van der Waals surface area contributed by atoms with Gasteiger partial charge in [0, 0.05) is 49.1 Å². The molecule has 0 fully saturated rings. The molecule has 14 aromatic rings. The minimum Gasteiger partial charge on any atom is -0.454 e. The van der Waals surface area contributed by atoms with E-state index in [1.54, 1.807) is 0 Å². The van der Waals surface area contributed by atoms with Gasteiger partial charge in [-0.05, 0) is 103 Å². The lowest BCUT2D eigenvalue weighted by Crippen LogP contribution is -2.15. The van der Waals surface area contributed by atoms with E-state index in [4.69, 9.17) is 8.83 Å². The fourth-order valence-corrected chi connectivity index (χ4v) is 11.1. The second-order valence-electron chi connectivity index (χ2n) is 19.2. The van der Waals surface area contributed by atoms with Crippen molar-refractivity contribution in [3.05, 3.63) is 218 Å². The SMILES string of the molecule is CC(C)(C)c1cc2ccc3c(N(c4ccccc4)c4cc5ccccc5c5c4oc4ccccc45)cc(N(c4ccccc4)c4cc5ccccc5c5c4oc4ccccc45)c4ccc(c1)c2c34. The summed E-state index contributed by atoms with van der Waals surface area (Å²) in [6.45, 7) is 6.91. The normalized spacial score (nSPS) is 12.3. The van der Waals surface area contributed by atoms with Crippen molar-refractivity contribution in [1.82, 2.24) is 0 Å². The number of anilines is 6. The summed E-state index contributed by atoms with van der Waals surface area (Å²) < 4.78 is 14.1. The summed E-state index contributed by atoms with van der Waals surface area (Å²) in [6, 6.07) is 77.1. The fraction of sp³-hybridized carbons (Fsp3) is 0.0625. The van der Waals surface area contributed by atoms with Gasteiger partial charge in [0.05, 0.1) is 22.7 Å². The third-order valence-corrected chi connectivity index (χ3v) is 14.2. The standard InChI is InChI=1S/C64H44N2O2/c1-64(2,3)43-34-41-30-32-48-52(65(44-20-6-4-7-21-44)54-36-39-18-10-12-24-46(39)60-50-26-14-16-28-56(50)67-62(54)60)38-53(49-33-31-42(35-43)58(41)59(48)49)66(45-22-8-5-9-23-45)55-37-40-19-11-13-25-47(40)61-51-27-15-17-29-57(51)68-63(55)61/h4-38H,1-3H3. The molecule has 2 heterocycles. The Labute approximate surface area is 392 Å². The number of benzene rings is 12. The Bertz CT molecular complexity index is 4050. The molecule has 4 nitrogen and oxygen atoms in total. The van der Waals surface area contributed by atoms with Gasteiger partial charge in [0.1, 0.15) is 11.2 Å². The monoisotopic (exact) mass is 872 g/mol. The van der Waals surface area contributed by atoms with Crippen LogP contribution in [0.2, 0.25) is 0 Å². The Morgan fingerprint density at radius 3 is 1.18 bits per heavy atom. The lowest BCUT2D eigenvalue weighted by molar-refractivity contribution is 0.591. The molecule has 0 aliphatic heterocycles. The van der Waals surface area contributed by atoms with Crippen LogP contribution in [-0.2, 0) is 5.41 Å². The van der Waals surface area contributed by atoms with E-state index in [1.165, 1.54) is 27.1 Å². The molecule has 4 heteroatoms. The number of rotatable bonds is 6. The molecule has 0 saturated carbocycles. The van der Waals surface area contributed by atoms with Crippen LogP contribution in [0.3, 0.4) is 0 Å². The molecule has 0 atom stereocenters. The largest absolute Gasteiger partial charge is 0.454 e. The Hall–Kier alpha value is -8.60. The Balaban J connectivity index is 1.17. The van der Waals surface area contributed by atoms with Crippen molar-refractivity contribution >= 4 is 132 Å². The van der Waals surface area contributed by atoms with Gasteiger partial charge in [-0.25, -0.2) is 0 Å². The van der Waals surface area contributed by atoms with Gasteiger partial charge in [-0.3, -0.25) is 0 Å². The number of furan rings is 2. The van der Waals surface area contributed by atoms with Crippen LogP contribution in [0.4, 0.5) is 34.1 Å². The highest BCUT2D eigenvalue weighted by Crippen LogP contribution is 2.54. The second kappa shape index (κ2) is 14.4. The number of para-hydroxylation sites is 4. The van der Waals surface area contributed by atoms with Gasteiger partial charge in [-0.2, -0.15) is 0 Å². The van der Waals surface area contributed by atoms with E-state index < -0.39 is 0 Å². The molecule has 0 radical (unpaired) electrons. The number of hydrogen-bond donors (Lipinski definition) is 0. The van der Waals surface area contributed by atoms with E-state index in [9.17, 15) is 0 Å². The van der Waals surface area contributed by atoms with Crippen molar-refractivity contribution in [2.45, 2.75) is 26.2 Å². The highest BCUT2D eigenvalue weighted by molar-refractivity contribution is 6.31. The highest BCUT2D eigenvalue weighted by Gasteiger charge is 2.30. The van der Waals surface area contributed by atoms with Crippen LogP contribution < -0.4 is 9.80 Å². The van der Waals surface area contributed by atoms with E-state index >= 15 is 0 Å². The van der Waals surface area contributed by atoms with Gasteiger partial charge < -0.3 is 18.6 Å². The summed E-state index contributed by atoms with van der Waals surface area (Å²) in [6.07, 6.45) is 0. The van der Waals surface area contributed by atoms with Gasteiger partial charge >= 0.3 is 0 Å². The maximum absolute atomic E-state index is 7.06. The van der Waals surface area contributed by atoms with E-state index in [2.05, 4.69) is 243 Å². The summed E-state index contributed by atoms with van der Waals surface area (Å²) in [5, 5.41) is 16.2. The van der Waals surface area contributed by atoms with Crippen molar-refractivity contribution < 1.29 is 8.83 Å². The fourth-order valence-electron chi connectivity index (χ4n) is 11.1. The van der Waals surface area contributed by atoms with E-state index in [0.29, 0.717) is 0 Å². The molecule has 0 saturated heterocycles. The lowest BCUT2D eigenvalue weighted by Gasteiger charge is -2.32. The molecular formula is C64H44N2O2. The van der Waals surface area contributed by atoms with Crippen LogP contribution in [-0.4, -0.2) is 0 Å². The molecule has 0 aliphatic carbocycles. The summed E-state index contributed by atoms with van der Waals surface area (Å²) >= 11 is 0. The first kappa shape index (κ1) is 38.6. The zero-order valence-electron chi connectivity index (χ0n) is 37.9. The molecule has 0 spiro atoms. The van der Waals surface area contributed by atoms with Gasteiger partial charge in [0.2, 0.25) is 0 Å². The third-order valence-electron chi connectivity index (χ3n) is 14.2. The number of fused-ring (bicyclic) bond motifs is 10. The zero-order valence-corrected chi connectivity index (χ0v) is 37.9. The Morgan fingerprint density at radius 2 is 0.721 bits per heavy atom. The molecule has 14 rings (SSSR count). The van der Waals surface area contributed by atoms with Crippen LogP contribution in [0.1, 0.15) is 26.3 Å². The molecule has 0 bridgehead atoms. The van der Waals surface area contributed by atoms with Crippen LogP contribution in [0, 0.1) is 0 Å². The Morgan fingerprint density at radius 1 is 0.309 bits per heavy atom. The first-order chi connectivity index (χ1) is 33.4. The lowest BCUT2D eigenvalue weighted by atomic mass is 9.83. The smallest absolute Gasteiger partial charge is 0.160 e. The summed E-state index contributed by atoms with van der Waals surface area (Å²) in [7, 11) is 0. The van der Waals surface area contributed by atoms with Crippen molar-refractivity contribution in [1.29, 1.82) is 0 Å². The molecule has 68 heavy (non-hydrogen) atoms. The first-order valence-corrected chi connectivity index (χ1v) is 23.5. The van der Waals surface area contributed by atoms with Crippen LogP contribution in [0.25, 0.3) is 97.7 Å². The average molecular weight is 873 g/mol. The maximum Gasteiger partial charge on any atom is 0.160 e. The van der Waals surface area contributed by atoms with E-state index in [1.807, 2.05) is 0 Å². The summed E-state index contributed by atoms with van der Waals surface area (Å²) in [5.74, 6) is 0. The maximum atomic E-state index is 7.06. The van der Waals surface area contributed by atoms with Gasteiger partial charge in [0.25, 0.3) is 0 Å². The summed E-state index contributed by atoms with van der Waals surface area (Å²) in [4.78, 5) is 4.88. The molecular weight excluding hydrogens is 829 g/mol. The van der Waals surface area contributed by atoms with Gasteiger partial charge in [-0.15, -0.1) is 0 Å². The number of hydrogen-bond acceptors (Lipinski definition) is 4. The van der Waals surface area contributed by atoms with Crippen molar-refractivity contribution in [2.24, 2.45) is 0 Å². The molecule has 322 valence electrons. The van der Waals surface area contributed by atoms with Gasteiger partial charge in [-0.1, -0.05) is 178 Å². The summed E-state index contributed by atoms with van der Waals surface area (Å²) in [5.41, 5.74) is 10.7. The molecule has 2 aromatic heterocycles.